The number of hydrogen-bond acceptors (Lipinski definition) is 5. The normalized spacial score (nSPS) is 12.9. The van der Waals surface area contributed by atoms with Crippen molar-refractivity contribution in [1.29, 1.82) is 0 Å². The van der Waals surface area contributed by atoms with Gasteiger partial charge in [-0.15, -0.1) is 9.89 Å². The predicted octanol–water partition coefficient (Wildman–Crippen LogP) is 2.16. The fourth-order valence-corrected chi connectivity index (χ4v) is 2.58. The number of rotatable bonds is 2. The highest BCUT2D eigenvalue weighted by atomic mass is 16.5. The molecule has 6 heteroatoms. The van der Waals surface area contributed by atoms with E-state index < -0.39 is 0 Å². The number of benzene rings is 2. The Labute approximate surface area is 127 Å². The van der Waals surface area contributed by atoms with Crippen LogP contribution in [0, 0.1) is 0 Å². The van der Waals surface area contributed by atoms with Crippen LogP contribution in [0.15, 0.2) is 53.6 Å². The molecular weight excluding hydrogens is 278 g/mol. The first-order valence-corrected chi connectivity index (χ1v) is 6.94. The zero-order valence-electron chi connectivity index (χ0n) is 12.0. The molecule has 0 fully saturated rings. The Kier molecular flexibility index (Phi) is 2.93. The minimum absolute atomic E-state index is 0.666. The van der Waals surface area contributed by atoms with Crippen LogP contribution in [0.2, 0.25) is 0 Å². The molecule has 0 saturated carbocycles. The molecule has 0 spiro atoms. The number of methoxy groups -OCH3 is 1. The van der Waals surface area contributed by atoms with Gasteiger partial charge in [-0.25, -0.2) is 0 Å². The molecule has 3 aromatic rings. The van der Waals surface area contributed by atoms with Crippen LogP contribution in [0.25, 0.3) is 11.4 Å². The van der Waals surface area contributed by atoms with E-state index in [-0.39, 0.29) is 0 Å². The first-order chi connectivity index (χ1) is 10.8. The van der Waals surface area contributed by atoms with E-state index in [2.05, 4.69) is 26.7 Å². The minimum Gasteiger partial charge on any atom is -0.497 e. The number of hydrogen-bond donors (Lipinski definition) is 0. The lowest BCUT2D eigenvalue weighted by Crippen LogP contribution is -2.07. The molecule has 0 N–H and O–H groups in total. The second-order valence-corrected chi connectivity index (χ2v) is 5.00. The molecule has 0 unspecified atom stereocenters. The topological polar surface area (TPSA) is 65.2 Å². The van der Waals surface area contributed by atoms with Crippen LogP contribution in [0.3, 0.4) is 0 Å². The number of fused-ring (bicyclic) bond motifs is 3. The standard InChI is InChI=1S/C16H13N5O/c1-22-13-8-6-11(7-9-13)15-10-12-4-2-3-5-14(12)16-17-19-20-21(16)18-15/h2-9H,10H2,1H3. The van der Waals surface area contributed by atoms with E-state index >= 15 is 0 Å². The van der Waals surface area contributed by atoms with Gasteiger partial charge in [0.15, 0.2) is 0 Å². The number of tetrazole rings is 1. The molecule has 0 aliphatic carbocycles. The smallest absolute Gasteiger partial charge is 0.207 e. The lowest BCUT2D eigenvalue weighted by atomic mass is 9.98. The summed E-state index contributed by atoms with van der Waals surface area (Å²) in [7, 11) is 1.65. The number of nitrogens with zero attached hydrogens (tertiary/aromatic N) is 5. The average molecular weight is 291 g/mol. The summed E-state index contributed by atoms with van der Waals surface area (Å²) >= 11 is 0. The summed E-state index contributed by atoms with van der Waals surface area (Å²) < 4.78 is 5.20. The molecule has 1 aliphatic heterocycles. The number of ether oxygens (including phenoxy) is 1. The Morgan fingerprint density at radius 1 is 1.05 bits per heavy atom. The van der Waals surface area contributed by atoms with Crippen LogP contribution < -0.4 is 4.74 Å². The summed E-state index contributed by atoms with van der Waals surface area (Å²) in [6.07, 6.45) is 0.716. The maximum absolute atomic E-state index is 5.20. The second-order valence-electron chi connectivity index (χ2n) is 5.00. The van der Waals surface area contributed by atoms with Crippen molar-refractivity contribution in [3.63, 3.8) is 0 Å². The second kappa shape index (κ2) is 5.07. The lowest BCUT2D eigenvalue weighted by Gasteiger charge is -2.07. The van der Waals surface area contributed by atoms with Crippen molar-refractivity contribution in [3.05, 3.63) is 59.7 Å². The fraction of sp³-hybridized carbons (Fsp3) is 0.125. The first kappa shape index (κ1) is 12.7. The first-order valence-electron chi connectivity index (χ1n) is 6.94. The molecule has 0 amide bonds. The summed E-state index contributed by atoms with van der Waals surface area (Å²) in [4.78, 5) is 1.49. The van der Waals surface area contributed by atoms with Crippen molar-refractivity contribution in [3.8, 4) is 17.1 Å². The van der Waals surface area contributed by atoms with Gasteiger partial charge < -0.3 is 4.74 Å². The summed E-state index contributed by atoms with van der Waals surface area (Å²) in [5.74, 6) is 1.49. The predicted molar refractivity (Wildman–Crippen MR) is 81.9 cm³/mol. The van der Waals surface area contributed by atoms with Gasteiger partial charge in [-0.1, -0.05) is 24.3 Å². The summed E-state index contributed by atoms with van der Waals surface area (Å²) in [6, 6.07) is 15.9. The highest BCUT2D eigenvalue weighted by molar-refractivity contribution is 6.03. The third-order valence-corrected chi connectivity index (χ3v) is 3.71. The molecule has 2 aromatic carbocycles. The van der Waals surface area contributed by atoms with Gasteiger partial charge >= 0.3 is 0 Å². The van der Waals surface area contributed by atoms with E-state index in [0.717, 1.165) is 28.2 Å². The average Bonchev–Trinajstić information content (AvgIpc) is 2.97. The zero-order chi connectivity index (χ0) is 14.9. The largest absolute Gasteiger partial charge is 0.497 e. The van der Waals surface area contributed by atoms with Crippen LogP contribution in [-0.4, -0.2) is 33.1 Å². The molecule has 6 nitrogen and oxygen atoms in total. The van der Waals surface area contributed by atoms with Crippen molar-refractivity contribution in [2.75, 3.05) is 7.11 Å². The van der Waals surface area contributed by atoms with Crippen LogP contribution in [0.4, 0.5) is 0 Å². The summed E-state index contributed by atoms with van der Waals surface area (Å²) in [5.41, 5.74) is 4.12. The van der Waals surface area contributed by atoms with Gasteiger partial charge in [0.1, 0.15) is 5.75 Å². The quantitative estimate of drug-likeness (QED) is 0.725. The van der Waals surface area contributed by atoms with Gasteiger partial charge in [-0.3, -0.25) is 0 Å². The van der Waals surface area contributed by atoms with E-state index in [1.807, 2.05) is 42.5 Å². The lowest BCUT2D eigenvalue weighted by molar-refractivity contribution is 0.415. The van der Waals surface area contributed by atoms with Crippen molar-refractivity contribution < 1.29 is 4.74 Å². The third-order valence-electron chi connectivity index (χ3n) is 3.71. The van der Waals surface area contributed by atoms with Crippen LogP contribution >= 0.6 is 0 Å². The molecule has 0 radical (unpaired) electrons. The molecule has 0 atom stereocenters. The summed E-state index contributed by atoms with van der Waals surface area (Å²) in [5, 5.41) is 16.4. The van der Waals surface area contributed by atoms with Crippen LogP contribution in [0.1, 0.15) is 11.1 Å². The Morgan fingerprint density at radius 3 is 2.68 bits per heavy atom. The molecule has 0 saturated heterocycles. The van der Waals surface area contributed by atoms with Crippen molar-refractivity contribution in [2.24, 2.45) is 5.10 Å². The molecule has 1 aromatic heterocycles. The highest BCUT2D eigenvalue weighted by Crippen LogP contribution is 2.26. The Hall–Kier alpha value is -3.02. The zero-order valence-corrected chi connectivity index (χ0v) is 12.0. The molecule has 22 heavy (non-hydrogen) atoms. The van der Waals surface area contributed by atoms with E-state index in [1.165, 1.54) is 4.79 Å². The maximum Gasteiger partial charge on any atom is 0.207 e. The summed E-state index contributed by atoms with van der Waals surface area (Å²) in [6.45, 7) is 0. The van der Waals surface area contributed by atoms with Gasteiger partial charge in [0.25, 0.3) is 0 Å². The van der Waals surface area contributed by atoms with E-state index in [1.54, 1.807) is 7.11 Å². The Bertz CT molecular complexity index is 851. The van der Waals surface area contributed by atoms with E-state index in [0.29, 0.717) is 12.2 Å². The fourth-order valence-electron chi connectivity index (χ4n) is 2.58. The van der Waals surface area contributed by atoms with Crippen molar-refractivity contribution in [1.82, 2.24) is 20.3 Å². The third kappa shape index (κ3) is 2.05. The van der Waals surface area contributed by atoms with Crippen LogP contribution in [-0.2, 0) is 6.42 Å². The molecule has 0 bridgehead atoms. The van der Waals surface area contributed by atoms with Gasteiger partial charge in [0.2, 0.25) is 5.82 Å². The number of aromatic nitrogens is 4. The molecule has 2 heterocycles. The minimum atomic E-state index is 0.666. The molecule has 108 valence electrons. The Morgan fingerprint density at radius 2 is 1.86 bits per heavy atom. The molecule has 1 aliphatic rings. The molecular formula is C16H13N5O. The SMILES string of the molecule is COc1ccc(C2=Nn3nnnc3-c3ccccc3C2)cc1. The van der Waals surface area contributed by atoms with Gasteiger partial charge in [-0.05, 0) is 45.8 Å². The van der Waals surface area contributed by atoms with Gasteiger partial charge in [0, 0.05) is 12.0 Å². The van der Waals surface area contributed by atoms with Crippen LogP contribution in [0.5, 0.6) is 5.75 Å². The van der Waals surface area contributed by atoms with Gasteiger partial charge in [-0.2, -0.15) is 5.10 Å². The van der Waals surface area contributed by atoms with Crippen molar-refractivity contribution in [2.45, 2.75) is 6.42 Å². The van der Waals surface area contributed by atoms with E-state index in [9.17, 15) is 0 Å². The van der Waals surface area contributed by atoms with Gasteiger partial charge in [0.05, 0.1) is 12.8 Å². The maximum atomic E-state index is 5.20. The highest BCUT2D eigenvalue weighted by Gasteiger charge is 2.19. The monoisotopic (exact) mass is 291 g/mol. The van der Waals surface area contributed by atoms with Crippen molar-refractivity contribution >= 4 is 5.71 Å². The Balaban J connectivity index is 1.85. The molecule has 4 rings (SSSR count). The van der Waals surface area contributed by atoms with E-state index in [4.69, 9.17) is 4.74 Å².